The van der Waals surface area contributed by atoms with Crippen molar-refractivity contribution < 1.29 is 13.2 Å². The summed E-state index contributed by atoms with van der Waals surface area (Å²) in [7, 11) is 0. The normalized spacial score (nSPS) is 12.1. The number of aryl methyl sites for hydroxylation is 1. The highest BCUT2D eigenvalue weighted by Crippen LogP contribution is 2.40. The number of nitrogens with zero attached hydrogens (tertiary/aromatic N) is 2. The maximum absolute atomic E-state index is 13.5. The Kier molecular flexibility index (Phi) is 4.67. The first-order chi connectivity index (χ1) is 16.4. The lowest BCUT2D eigenvalue weighted by Gasteiger charge is -2.13. The SMILES string of the molecule is Cc1cc(-c2nnc(-c3cc4ccccc4s3)c3cc4ccccc4cc23)cc(C(F)(F)F)c1. The molecule has 0 aliphatic rings. The van der Waals surface area contributed by atoms with Gasteiger partial charge in [0.1, 0.15) is 11.4 Å². The summed E-state index contributed by atoms with van der Waals surface area (Å²) in [6, 6.07) is 26.2. The Morgan fingerprint density at radius 2 is 1.29 bits per heavy atom. The number of fused-ring (bicyclic) bond motifs is 3. The molecule has 4 aromatic carbocycles. The van der Waals surface area contributed by atoms with Crippen LogP contribution in [0.15, 0.2) is 84.9 Å². The minimum atomic E-state index is -4.44. The third kappa shape index (κ3) is 3.51. The van der Waals surface area contributed by atoms with Gasteiger partial charge in [-0.25, -0.2) is 0 Å². The van der Waals surface area contributed by atoms with Crippen LogP contribution < -0.4 is 0 Å². The number of hydrogen-bond donors (Lipinski definition) is 0. The lowest BCUT2D eigenvalue weighted by Crippen LogP contribution is -2.06. The molecule has 6 aromatic rings. The zero-order valence-corrected chi connectivity index (χ0v) is 18.8. The van der Waals surface area contributed by atoms with Crippen molar-refractivity contribution in [3.8, 4) is 21.8 Å². The summed E-state index contributed by atoms with van der Waals surface area (Å²) in [6.07, 6.45) is -4.44. The second-order valence-electron chi connectivity index (χ2n) is 8.38. The number of thiophene rings is 1. The molecule has 6 rings (SSSR count). The van der Waals surface area contributed by atoms with Crippen LogP contribution in [-0.4, -0.2) is 10.2 Å². The summed E-state index contributed by atoms with van der Waals surface area (Å²) in [5, 5.41) is 13.8. The zero-order chi connectivity index (χ0) is 23.4. The molecule has 2 nitrogen and oxygen atoms in total. The van der Waals surface area contributed by atoms with Crippen LogP contribution in [0, 0.1) is 6.92 Å². The molecule has 2 heterocycles. The molecule has 0 N–H and O–H groups in total. The van der Waals surface area contributed by atoms with Crippen LogP contribution in [0.2, 0.25) is 0 Å². The third-order valence-corrected chi connectivity index (χ3v) is 7.11. The van der Waals surface area contributed by atoms with E-state index in [1.807, 2.05) is 42.5 Å². The predicted octanol–water partition coefficient (Wildman–Crippen LogP) is 8.66. The minimum Gasteiger partial charge on any atom is -0.166 e. The molecule has 166 valence electrons. The summed E-state index contributed by atoms with van der Waals surface area (Å²) in [5.74, 6) is 0. The molecule has 34 heavy (non-hydrogen) atoms. The van der Waals surface area contributed by atoms with Gasteiger partial charge < -0.3 is 0 Å². The lowest BCUT2D eigenvalue weighted by atomic mass is 9.96. The molecule has 0 spiro atoms. The highest BCUT2D eigenvalue weighted by atomic mass is 32.1. The van der Waals surface area contributed by atoms with Crippen molar-refractivity contribution in [2.24, 2.45) is 0 Å². The third-order valence-electron chi connectivity index (χ3n) is 5.98. The van der Waals surface area contributed by atoms with Crippen LogP contribution in [0.25, 0.3) is 53.5 Å². The minimum absolute atomic E-state index is 0.406. The summed E-state index contributed by atoms with van der Waals surface area (Å²) in [4.78, 5) is 0.973. The van der Waals surface area contributed by atoms with Crippen LogP contribution in [0.3, 0.4) is 0 Å². The van der Waals surface area contributed by atoms with E-state index in [0.29, 0.717) is 16.8 Å². The predicted molar refractivity (Wildman–Crippen MR) is 133 cm³/mol. The van der Waals surface area contributed by atoms with E-state index in [-0.39, 0.29) is 0 Å². The quantitative estimate of drug-likeness (QED) is 0.237. The standard InChI is InChI=1S/C28H17F3N2S/c1-16-10-20(12-21(11-16)28(29,30)31)26-22-13-17-6-2-3-7-18(17)14-23(22)27(33-32-26)25-15-19-8-4-5-9-24(19)34-25/h2-15H,1H3. The molecule has 0 amide bonds. The topological polar surface area (TPSA) is 25.8 Å². The fourth-order valence-electron chi connectivity index (χ4n) is 4.42. The maximum Gasteiger partial charge on any atom is 0.416 e. The van der Waals surface area contributed by atoms with Gasteiger partial charge in [0.15, 0.2) is 0 Å². The molecule has 0 unspecified atom stereocenters. The van der Waals surface area contributed by atoms with E-state index in [9.17, 15) is 13.2 Å². The van der Waals surface area contributed by atoms with Crippen molar-refractivity contribution in [3.63, 3.8) is 0 Å². The number of alkyl halides is 3. The monoisotopic (exact) mass is 470 g/mol. The first kappa shape index (κ1) is 20.8. The van der Waals surface area contributed by atoms with E-state index >= 15 is 0 Å². The van der Waals surface area contributed by atoms with Crippen molar-refractivity contribution >= 4 is 43.0 Å². The van der Waals surface area contributed by atoms with Crippen molar-refractivity contribution in [3.05, 3.63) is 96.1 Å². The number of rotatable bonds is 2. The molecule has 0 fully saturated rings. The number of hydrogen-bond acceptors (Lipinski definition) is 3. The van der Waals surface area contributed by atoms with E-state index in [1.54, 1.807) is 24.3 Å². The highest BCUT2D eigenvalue weighted by molar-refractivity contribution is 7.22. The molecule has 0 atom stereocenters. The number of aromatic nitrogens is 2. The van der Waals surface area contributed by atoms with Gasteiger partial charge in [0.25, 0.3) is 0 Å². The lowest BCUT2D eigenvalue weighted by molar-refractivity contribution is -0.137. The largest absolute Gasteiger partial charge is 0.416 e. The Bertz CT molecular complexity index is 1680. The summed E-state index contributed by atoms with van der Waals surface area (Å²) < 4.78 is 41.8. The second-order valence-corrected chi connectivity index (χ2v) is 9.46. The van der Waals surface area contributed by atoms with Gasteiger partial charge in [-0.05, 0) is 71.1 Å². The molecule has 6 heteroatoms. The zero-order valence-electron chi connectivity index (χ0n) is 18.0. The smallest absolute Gasteiger partial charge is 0.166 e. The summed E-state index contributed by atoms with van der Waals surface area (Å²) in [6.45, 7) is 1.66. The Morgan fingerprint density at radius 3 is 1.97 bits per heavy atom. The van der Waals surface area contributed by atoms with Gasteiger partial charge in [0.05, 0.1) is 10.4 Å². The molecule has 0 aliphatic carbocycles. The van der Waals surface area contributed by atoms with Crippen LogP contribution >= 0.6 is 11.3 Å². The molecule has 0 radical (unpaired) electrons. The fourth-order valence-corrected chi connectivity index (χ4v) is 5.48. The van der Waals surface area contributed by atoms with Crippen molar-refractivity contribution in [1.29, 1.82) is 0 Å². The molecule has 2 aromatic heterocycles. The average molecular weight is 471 g/mol. The van der Waals surface area contributed by atoms with Gasteiger partial charge >= 0.3 is 6.18 Å². The van der Waals surface area contributed by atoms with E-state index in [4.69, 9.17) is 0 Å². The average Bonchev–Trinajstić information content (AvgIpc) is 3.25. The molecule has 0 saturated heterocycles. The van der Waals surface area contributed by atoms with Crippen molar-refractivity contribution in [1.82, 2.24) is 10.2 Å². The van der Waals surface area contributed by atoms with Gasteiger partial charge in [0, 0.05) is 21.0 Å². The van der Waals surface area contributed by atoms with E-state index in [1.165, 1.54) is 0 Å². The van der Waals surface area contributed by atoms with Gasteiger partial charge in [-0.3, -0.25) is 0 Å². The Labute approximate surface area is 197 Å². The first-order valence-electron chi connectivity index (χ1n) is 10.7. The Balaban J connectivity index is 1.67. The molecular weight excluding hydrogens is 453 g/mol. The van der Waals surface area contributed by atoms with Crippen molar-refractivity contribution in [2.45, 2.75) is 13.1 Å². The van der Waals surface area contributed by atoms with Crippen LogP contribution in [0.5, 0.6) is 0 Å². The van der Waals surface area contributed by atoms with Gasteiger partial charge in [-0.15, -0.1) is 21.5 Å². The van der Waals surface area contributed by atoms with Gasteiger partial charge in [0.2, 0.25) is 0 Å². The van der Waals surface area contributed by atoms with E-state index in [0.717, 1.165) is 54.3 Å². The molecular formula is C28H17F3N2S. The molecule has 0 bridgehead atoms. The maximum atomic E-state index is 13.5. The Morgan fingerprint density at radius 1 is 0.676 bits per heavy atom. The van der Waals surface area contributed by atoms with Gasteiger partial charge in [-0.2, -0.15) is 13.2 Å². The summed E-state index contributed by atoms with van der Waals surface area (Å²) >= 11 is 1.63. The summed E-state index contributed by atoms with van der Waals surface area (Å²) in [5.41, 5.74) is 1.41. The van der Waals surface area contributed by atoms with Gasteiger partial charge in [-0.1, -0.05) is 42.5 Å². The molecule has 0 aliphatic heterocycles. The highest BCUT2D eigenvalue weighted by Gasteiger charge is 2.31. The number of benzene rings is 4. The second kappa shape index (κ2) is 7.64. The number of halogens is 3. The molecule has 0 saturated carbocycles. The van der Waals surface area contributed by atoms with Crippen LogP contribution in [0.1, 0.15) is 11.1 Å². The Hall–Kier alpha value is -3.77. The van der Waals surface area contributed by atoms with Crippen molar-refractivity contribution in [2.75, 3.05) is 0 Å². The van der Waals surface area contributed by atoms with Crippen LogP contribution in [-0.2, 0) is 6.18 Å². The van der Waals surface area contributed by atoms with E-state index < -0.39 is 11.7 Å². The van der Waals surface area contributed by atoms with Crippen LogP contribution in [0.4, 0.5) is 13.2 Å². The fraction of sp³-hybridized carbons (Fsp3) is 0.0714. The van der Waals surface area contributed by atoms with E-state index in [2.05, 4.69) is 34.5 Å². The first-order valence-corrected chi connectivity index (χ1v) is 11.6.